The molecule has 2 N–H and O–H groups in total. The van der Waals surface area contributed by atoms with Crippen molar-refractivity contribution in [2.75, 3.05) is 26.2 Å². The number of urea groups is 1. The number of benzene rings is 2. The van der Waals surface area contributed by atoms with Crippen LogP contribution >= 0.6 is 0 Å². The predicted molar refractivity (Wildman–Crippen MR) is 110 cm³/mol. The van der Waals surface area contributed by atoms with Crippen molar-refractivity contribution < 1.29 is 14.3 Å². The molecule has 1 unspecified atom stereocenters. The van der Waals surface area contributed by atoms with Crippen LogP contribution in [-0.4, -0.2) is 43.3 Å². The van der Waals surface area contributed by atoms with Crippen molar-refractivity contribution in [1.29, 1.82) is 0 Å². The van der Waals surface area contributed by atoms with Gasteiger partial charge in [-0.25, -0.2) is 4.79 Å². The summed E-state index contributed by atoms with van der Waals surface area (Å²) < 4.78 is 11.5. The number of nitrogens with one attached hydrogen (secondary N) is 2. The van der Waals surface area contributed by atoms with Crippen LogP contribution in [0.4, 0.5) is 4.79 Å². The van der Waals surface area contributed by atoms with Crippen LogP contribution in [-0.2, 0) is 13.1 Å². The average Bonchev–Trinajstić information content (AvgIpc) is 2.75. The first-order valence-electron chi connectivity index (χ1n) is 9.89. The molecule has 2 amide bonds. The standard InChI is InChI=1S/C22H29N3O3/c1-3-25(4-2)15-18-10-6-5-9-17(18)13-23-22(26)24-14-19-16-27-20-11-7-8-12-21(20)28-19/h5-12,19H,3-4,13-16H2,1-2H3,(H2,23,24,26). The van der Waals surface area contributed by atoms with Gasteiger partial charge in [-0.15, -0.1) is 0 Å². The molecule has 0 bridgehead atoms. The van der Waals surface area contributed by atoms with Gasteiger partial charge < -0.3 is 20.1 Å². The Bertz CT molecular complexity index is 777. The summed E-state index contributed by atoms with van der Waals surface area (Å²) in [6.45, 7) is 8.52. The monoisotopic (exact) mass is 383 g/mol. The Morgan fingerprint density at radius 2 is 1.68 bits per heavy atom. The smallest absolute Gasteiger partial charge is 0.315 e. The molecule has 0 aliphatic carbocycles. The number of amides is 2. The molecule has 1 atom stereocenters. The van der Waals surface area contributed by atoms with Crippen LogP contribution in [0.2, 0.25) is 0 Å². The van der Waals surface area contributed by atoms with E-state index in [1.165, 1.54) is 5.56 Å². The van der Waals surface area contributed by atoms with E-state index in [9.17, 15) is 4.79 Å². The third-order valence-electron chi connectivity index (χ3n) is 4.90. The molecule has 0 spiro atoms. The molecule has 1 heterocycles. The van der Waals surface area contributed by atoms with Crippen molar-refractivity contribution in [2.45, 2.75) is 33.0 Å². The lowest BCUT2D eigenvalue weighted by Gasteiger charge is -2.26. The van der Waals surface area contributed by atoms with Gasteiger partial charge in [0.2, 0.25) is 0 Å². The Labute approximate surface area is 166 Å². The van der Waals surface area contributed by atoms with Crippen molar-refractivity contribution >= 4 is 6.03 Å². The molecular weight excluding hydrogens is 354 g/mol. The Balaban J connectivity index is 1.46. The molecule has 1 aliphatic heterocycles. The Hall–Kier alpha value is -2.73. The van der Waals surface area contributed by atoms with Gasteiger partial charge in [0.1, 0.15) is 6.61 Å². The number of rotatable bonds is 8. The highest BCUT2D eigenvalue weighted by molar-refractivity contribution is 5.73. The summed E-state index contributed by atoms with van der Waals surface area (Å²) in [6.07, 6.45) is -0.199. The van der Waals surface area contributed by atoms with Gasteiger partial charge in [-0.3, -0.25) is 4.90 Å². The highest BCUT2D eigenvalue weighted by Crippen LogP contribution is 2.30. The fourth-order valence-corrected chi connectivity index (χ4v) is 3.18. The van der Waals surface area contributed by atoms with Crippen molar-refractivity contribution in [3.05, 3.63) is 59.7 Å². The zero-order valence-corrected chi connectivity index (χ0v) is 16.6. The lowest BCUT2D eigenvalue weighted by atomic mass is 10.1. The van der Waals surface area contributed by atoms with Crippen molar-refractivity contribution in [2.24, 2.45) is 0 Å². The second kappa shape index (κ2) is 9.99. The molecule has 0 radical (unpaired) electrons. The van der Waals surface area contributed by atoms with E-state index in [1.54, 1.807) is 0 Å². The SMILES string of the molecule is CCN(CC)Cc1ccccc1CNC(=O)NCC1COc2ccccc2O1. The van der Waals surface area contributed by atoms with E-state index in [-0.39, 0.29) is 12.1 Å². The minimum absolute atomic E-state index is 0.199. The normalized spacial score (nSPS) is 15.3. The molecule has 6 heteroatoms. The first kappa shape index (κ1) is 20.0. The van der Waals surface area contributed by atoms with E-state index in [2.05, 4.69) is 41.5 Å². The Kier molecular flexibility index (Phi) is 7.14. The summed E-state index contributed by atoms with van der Waals surface area (Å²) in [5, 5.41) is 5.81. The van der Waals surface area contributed by atoms with Crippen LogP contribution < -0.4 is 20.1 Å². The van der Waals surface area contributed by atoms with Crippen LogP contribution in [0.25, 0.3) is 0 Å². The quantitative estimate of drug-likeness (QED) is 0.735. The minimum atomic E-state index is -0.208. The van der Waals surface area contributed by atoms with Crippen LogP contribution in [0.1, 0.15) is 25.0 Å². The Morgan fingerprint density at radius 3 is 2.43 bits per heavy atom. The van der Waals surface area contributed by atoms with Gasteiger partial charge in [0, 0.05) is 13.1 Å². The average molecular weight is 383 g/mol. The summed E-state index contributed by atoms with van der Waals surface area (Å²) in [5.41, 5.74) is 2.38. The molecule has 2 aromatic carbocycles. The first-order chi connectivity index (χ1) is 13.7. The second-order valence-electron chi connectivity index (χ2n) is 6.79. The maximum Gasteiger partial charge on any atom is 0.315 e. The molecule has 6 nitrogen and oxygen atoms in total. The first-order valence-corrected chi connectivity index (χ1v) is 9.89. The van der Waals surface area contributed by atoms with Crippen LogP contribution in [0.5, 0.6) is 11.5 Å². The summed E-state index contributed by atoms with van der Waals surface area (Å²) in [5.74, 6) is 1.46. The van der Waals surface area contributed by atoms with Gasteiger partial charge in [0.05, 0.1) is 6.54 Å². The number of para-hydroxylation sites is 2. The lowest BCUT2D eigenvalue weighted by Crippen LogP contribution is -2.44. The highest BCUT2D eigenvalue weighted by Gasteiger charge is 2.21. The van der Waals surface area contributed by atoms with Crippen molar-refractivity contribution in [3.8, 4) is 11.5 Å². The molecule has 1 aliphatic rings. The molecule has 150 valence electrons. The zero-order valence-electron chi connectivity index (χ0n) is 16.6. The van der Waals surface area contributed by atoms with Gasteiger partial charge >= 0.3 is 6.03 Å². The number of ether oxygens (including phenoxy) is 2. The largest absolute Gasteiger partial charge is 0.486 e. The molecule has 0 fully saturated rings. The van der Waals surface area contributed by atoms with E-state index >= 15 is 0 Å². The third kappa shape index (κ3) is 5.39. The third-order valence-corrected chi connectivity index (χ3v) is 4.90. The summed E-state index contributed by atoms with van der Waals surface area (Å²) in [4.78, 5) is 14.6. The predicted octanol–water partition coefficient (Wildman–Crippen LogP) is 3.17. The highest BCUT2D eigenvalue weighted by atomic mass is 16.6. The number of fused-ring (bicyclic) bond motifs is 1. The molecule has 2 aromatic rings. The van der Waals surface area contributed by atoms with Gasteiger partial charge in [-0.05, 0) is 36.3 Å². The minimum Gasteiger partial charge on any atom is -0.486 e. The fraction of sp³-hybridized carbons (Fsp3) is 0.409. The zero-order chi connectivity index (χ0) is 19.8. The topological polar surface area (TPSA) is 62.8 Å². The molecule has 3 rings (SSSR count). The van der Waals surface area contributed by atoms with E-state index in [0.717, 1.165) is 30.9 Å². The lowest BCUT2D eigenvalue weighted by molar-refractivity contribution is 0.0918. The fourth-order valence-electron chi connectivity index (χ4n) is 3.18. The van der Waals surface area contributed by atoms with E-state index in [4.69, 9.17) is 9.47 Å². The molecule has 0 aromatic heterocycles. The number of hydrogen-bond acceptors (Lipinski definition) is 4. The number of carbonyl (C=O) groups is 1. The van der Waals surface area contributed by atoms with E-state index < -0.39 is 0 Å². The van der Waals surface area contributed by atoms with Crippen molar-refractivity contribution in [1.82, 2.24) is 15.5 Å². The summed E-state index contributed by atoms with van der Waals surface area (Å²) in [6, 6.07) is 15.6. The van der Waals surface area contributed by atoms with Crippen LogP contribution in [0.3, 0.4) is 0 Å². The molecular formula is C22H29N3O3. The van der Waals surface area contributed by atoms with E-state index in [1.807, 2.05) is 36.4 Å². The molecule has 28 heavy (non-hydrogen) atoms. The van der Waals surface area contributed by atoms with Crippen LogP contribution in [0, 0.1) is 0 Å². The van der Waals surface area contributed by atoms with Crippen molar-refractivity contribution in [3.63, 3.8) is 0 Å². The second-order valence-corrected chi connectivity index (χ2v) is 6.79. The Morgan fingerprint density at radius 1 is 1.00 bits per heavy atom. The number of nitrogens with zero attached hydrogens (tertiary/aromatic N) is 1. The summed E-state index contributed by atoms with van der Waals surface area (Å²) in [7, 11) is 0. The maximum absolute atomic E-state index is 12.2. The summed E-state index contributed by atoms with van der Waals surface area (Å²) >= 11 is 0. The van der Waals surface area contributed by atoms with Gasteiger partial charge in [-0.2, -0.15) is 0 Å². The molecule has 0 saturated carbocycles. The van der Waals surface area contributed by atoms with Gasteiger partial charge in [0.25, 0.3) is 0 Å². The number of carbonyl (C=O) groups excluding carboxylic acids is 1. The van der Waals surface area contributed by atoms with E-state index in [0.29, 0.717) is 25.4 Å². The van der Waals surface area contributed by atoms with Gasteiger partial charge in [0.15, 0.2) is 17.6 Å². The number of hydrogen-bond donors (Lipinski definition) is 2. The van der Waals surface area contributed by atoms with Crippen LogP contribution in [0.15, 0.2) is 48.5 Å². The maximum atomic E-state index is 12.2. The molecule has 0 saturated heterocycles. The van der Waals surface area contributed by atoms with Gasteiger partial charge in [-0.1, -0.05) is 50.2 Å².